The van der Waals surface area contributed by atoms with Gasteiger partial charge in [-0.15, -0.1) is 0 Å². The number of benzene rings is 2. The number of carbonyl (C=O) groups excluding carboxylic acids is 1. The summed E-state index contributed by atoms with van der Waals surface area (Å²) in [5.41, 5.74) is 1.13. The topological polar surface area (TPSA) is 62.1 Å². The molecule has 106 valence electrons. The maximum Gasteiger partial charge on any atom is 0.221 e. The molecular weight excluding hydrogens is 271 g/mol. The molecule has 1 N–H and O–H groups in total. The highest BCUT2D eigenvalue weighted by atomic mass is 19.1. The van der Waals surface area contributed by atoms with Gasteiger partial charge in [0.15, 0.2) is 0 Å². The van der Waals surface area contributed by atoms with Gasteiger partial charge in [0, 0.05) is 12.5 Å². The molecule has 2 aromatic rings. The summed E-state index contributed by atoms with van der Waals surface area (Å²) >= 11 is 0. The van der Waals surface area contributed by atoms with Crippen LogP contribution in [0.4, 0.5) is 10.1 Å². The Labute approximate surface area is 121 Å². The molecule has 0 bridgehead atoms. The second-order valence-corrected chi connectivity index (χ2v) is 4.38. The fraction of sp³-hybridized carbons (Fsp3) is 0.125. The molecule has 0 unspecified atom stereocenters. The molecule has 0 aliphatic heterocycles. The molecule has 0 aromatic heterocycles. The predicted octanol–water partition coefficient (Wildman–Crippen LogP) is 3.23. The maximum absolute atomic E-state index is 13.7. The predicted molar refractivity (Wildman–Crippen MR) is 76.2 cm³/mol. The Morgan fingerprint density at radius 3 is 2.76 bits per heavy atom. The number of ether oxygens (including phenoxy) is 1. The van der Waals surface area contributed by atoms with Gasteiger partial charge in [-0.3, -0.25) is 4.79 Å². The van der Waals surface area contributed by atoms with E-state index in [4.69, 9.17) is 10.00 Å². The van der Waals surface area contributed by atoms with E-state index in [1.54, 1.807) is 24.3 Å². The molecule has 0 spiro atoms. The smallest absolute Gasteiger partial charge is 0.221 e. The van der Waals surface area contributed by atoms with E-state index < -0.39 is 5.82 Å². The second-order valence-electron chi connectivity index (χ2n) is 4.38. The lowest BCUT2D eigenvalue weighted by molar-refractivity contribution is -0.114. The number of amides is 1. The Morgan fingerprint density at radius 1 is 1.33 bits per heavy atom. The summed E-state index contributed by atoms with van der Waals surface area (Å²) < 4.78 is 19.3. The summed E-state index contributed by atoms with van der Waals surface area (Å²) in [5, 5.41) is 11.3. The van der Waals surface area contributed by atoms with Gasteiger partial charge in [0.1, 0.15) is 18.2 Å². The van der Waals surface area contributed by atoms with E-state index in [0.29, 0.717) is 17.0 Å². The van der Waals surface area contributed by atoms with Crippen molar-refractivity contribution >= 4 is 11.6 Å². The van der Waals surface area contributed by atoms with Crippen molar-refractivity contribution < 1.29 is 13.9 Å². The third-order valence-corrected chi connectivity index (χ3v) is 2.76. The summed E-state index contributed by atoms with van der Waals surface area (Å²) in [6, 6.07) is 13.0. The van der Waals surface area contributed by atoms with Gasteiger partial charge in [-0.2, -0.15) is 5.26 Å². The van der Waals surface area contributed by atoms with Crippen LogP contribution in [0.2, 0.25) is 0 Å². The third-order valence-electron chi connectivity index (χ3n) is 2.76. The minimum atomic E-state index is -0.494. The molecule has 0 aliphatic carbocycles. The van der Waals surface area contributed by atoms with Gasteiger partial charge in [0.25, 0.3) is 0 Å². The summed E-state index contributed by atoms with van der Waals surface area (Å²) in [4.78, 5) is 11.1. The molecular formula is C16H13FN2O2. The average molecular weight is 284 g/mol. The van der Waals surface area contributed by atoms with Crippen molar-refractivity contribution in [1.82, 2.24) is 0 Å². The fourth-order valence-electron chi connectivity index (χ4n) is 1.77. The van der Waals surface area contributed by atoms with E-state index in [1.165, 1.54) is 25.1 Å². The molecule has 5 heteroatoms. The first-order chi connectivity index (χ1) is 10.1. The van der Waals surface area contributed by atoms with Gasteiger partial charge in [0.05, 0.1) is 17.3 Å². The van der Waals surface area contributed by atoms with Crippen molar-refractivity contribution in [2.75, 3.05) is 5.32 Å². The average Bonchev–Trinajstić information content (AvgIpc) is 2.46. The van der Waals surface area contributed by atoms with E-state index in [0.717, 1.165) is 0 Å². The van der Waals surface area contributed by atoms with Crippen LogP contribution in [0.15, 0.2) is 42.5 Å². The number of nitrogens with one attached hydrogen (secondary N) is 1. The SMILES string of the molecule is CC(=O)Nc1ccccc1OCc1ccc(C#N)cc1F. The number of hydrogen-bond donors (Lipinski definition) is 1. The molecule has 4 nitrogen and oxygen atoms in total. The van der Waals surface area contributed by atoms with Crippen molar-refractivity contribution in [2.24, 2.45) is 0 Å². The second kappa shape index (κ2) is 6.53. The number of halogens is 1. The molecule has 0 fully saturated rings. The van der Waals surface area contributed by atoms with Gasteiger partial charge in [-0.05, 0) is 24.3 Å². The lowest BCUT2D eigenvalue weighted by Gasteiger charge is -2.12. The molecule has 0 saturated carbocycles. The minimum Gasteiger partial charge on any atom is -0.487 e. The van der Waals surface area contributed by atoms with Crippen LogP contribution in [0, 0.1) is 17.1 Å². The van der Waals surface area contributed by atoms with E-state index in [2.05, 4.69) is 5.32 Å². The largest absolute Gasteiger partial charge is 0.487 e. The standard InChI is InChI=1S/C16H13FN2O2/c1-11(20)19-15-4-2-3-5-16(15)21-10-13-7-6-12(9-18)8-14(13)17/h2-8H,10H2,1H3,(H,19,20). The van der Waals surface area contributed by atoms with Crippen LogP contribution >= 0.6 is 0 Å². The van der Waals surface area contributed by atoms with E-state index in [9.17, 15) is 9.18 Å². The molecule has 1 amide bonds. The van der Waals surface area contributed by atoms with E-state index in [1.807, 2.05) is 6.07 Å². The Hall–Kier alpha value is -2.87. The van der Waals surface area contributed by atoms with Crippen LogP contribution in [0.5, 0.6) is 5.75 Å². The normalized spacial score (nSPS) is 9.76. The van der Waals surface area contributed by atoms with Crippen molar-refractivity contribution in [3.05, 3.63) is 59.4 Å². The Morgan fingerprint density at radius 2 is 2.10 bits per heavy atom. The first-order valence-electron chi connectivity index (χ1n) is 6.28. The summed E-state index contributed by atoms with van der Waals surface area (Å²) in [6.45, 7) is 1.41. The summed E-state index contributed by atoms with van der Waals surface area (Å²) in [5.74, 6) is -0.252. The Balaban J connectivity index is 2.13. The number of nitrogens with zero attached hydrogens (tertiary/aromatic N) is 1. The molecule has 0 radical (unpaired) electrons. The van der Waals surface area contributed by atoms with Crippen molar-refractivity contribution in [1.29, 1.82) is 5.26 Å². The molecule has 0 saturated heterocycles. The molecule has 0 atom stereocenters. The first-order valence-corrected chi connectivity index (χ1v) is 6.28. The van der Waals surface area contributed by atoms with E-state index >= 15 is 0 Å². The monoisotopic (exact) mass is 284 g/mol. The lowest BCUT2D eigenvalue weighted by Crippen LogP contribution is -2.08. The molecule has 2 aromatic carbocycles. The summed E-state index contributed by atoms with van der Waals surface area (Å²) in [6.07, 6.45) is 0. The number of nitriles is 1. The van der Waals surface area contributed by atoms with E-state index in [-0.39, 0.29) is 18.1 Å². The van der Waals surface area contributed by atoms with Crippen molar-refractivity contribution in [3.8, 4) is 11.8 Å². The van der Waals surface area contributed by atoms with Crippen LogP contribution in [0.3, 0.4) is 0 Å². The molecule has 2 rings (SSSR count). The minimum absolute atomic E-state index is 0.00808. The van der Waals surface area contributed by atoms with Crippen LogP contribution in [0.25, 0.3) is 0 Å². The van der Waals surface area contributed by atoms with Crippen LogP contribution in [-0.4, -0.2) is 5.91 Å². The number of carbonyl (C=O) groups is 1. The quantitative estimate of drug-likeness (QED) is 0.937. The van der Waals surface area contributed by atoms with Crippen molar-refractivity contribution in [3.63, 3.8) is 0 Å². The fourth-order valence-corrected chi connectivity index (χ4v) is 1.77. The van der Waals surface area contributed by atoms with Gasteiger partial charge in [-0.25, -0.2) is 4.39 Å². The Bertz CT molecular complexity index is 708. The Kier molecular flexibility index (Phi) is 4.52. The highest BCUT2D eigenvalue weighted by Gasteiger charge is 2.08. The van der Waals surface area contributed by atoms with Crippen LogP contribution < -0.4 is 10.1 Å². The highest BCUT2D eigenvalue weighted by molar-refractivity contribution is 5.90. The number of para-hydroxylation sites is 2. The lowest BCUT2D eigenvalue weighted by atomic mass is 10.1. The highest BCUT2D eigenvalue weighted by Crippen LogP contribution is 2.25. The first kappa shape index (κ1) is 14.5. The zero-order valence-electron chi connectivity index (χ0n) is 11.4. The van der Waals surface area contributed by atoms with Gasteiger partial charge >= 0.3 is 0 Å². The van der Waals surface area contributed by atoms with Gasteiger partial charge in [-0.1, -0.05) is 18.2 Å². The molecule has 21 heavy (non-hydrogen) atoms. The number of anilines is 1. The summed E-state index contributed by atoms with van der Waals surface area (Å²) in [7, 11) is 0. The molecule has 0 heterocycles. The maximum atomic E-state index is 13.7. The van der Waals surface area contributed by atoms with Gasteiger partial charge < -0.3 is 10.1 Å². The zero-order chi connectivity index (χ0) is 15.2. The van der Waals surface area contributed by atoms with Gasteiger partial charge in [0.2, 0.25) is 5.91 Å². The third kappa shape index (κ3) is 3.80. The van der Waals surface area contributed by atoms with Crippen molar-refractivity contribution in [2.45, 2.75) is 13.5 Å². The van der Waals surface area contributed by atoms with Crippen LogP contribution in [0.1, 0.15) is 18.1 Å². The number of rotatable bonds is 4. The molecule has 0 aliphatic rings. The number of hydrogen-bond acceptors (Lipinski definition) is 3. The zero-order valence-corrected chi connectivity index (χ0v) is 11.4. The van der Waals surface area contributed by atoms with Crippen LogP contribution in [-0.2, 0) is 11.4 Å².